The van der Waals surface area contributed by atoms with Gasteiger partial charge in [0.2, 0.25) is 5.76 Å². The van der Waals surface area contributed by atoms with E-state index in [1.165, 1.54) is 4.90 Å². The summed E-state index contributed by atoms with van der Waals surface area (Å²) in [6.07, 6.45) is -0.891. The lowest BCUT2D eigenvalue weighted by atomic mass is 10.2. The molecule has 0 unspecified atom stereocenters. The number of hydrogen-bond acceptors (Lipinski definition) is 5. The van der Waals surface area contributed by atoms with E-state index in [-0.39, 0.29) is 12.4 Å². The van der Waals surface area contributed by atoms with Crippen LogP contribution in [-0.4, -0.2) is 54.9 Å². The van der Waals surface area contributed by atoms with Crippen LogP contribution in [-0.2, 0) is 4.74 Å². The first kappa shape index (κ1) is 16.6. The molecule has 1 aromatic heterocycles. The molecular weight excluding hydrogens is 380 g/mol. The van der Waals surface area contributed by atoms with Crippen LogP contribution in [0.25, 0.3) is 11.0 Å². The molecule has 0 spiro atoms. The zero-order valence-corrected chi connectivity index (χ0v) is 14.7. The minimum Gasteiger partial charge on any atom is -0.465 e. The van der Waals surface area contributed by atoms with E-state index in [1.807, 2.05) is 12.1 Å². The van der Waals surface area contributed by atoms with Crippen molar-refractivity contribution in [3.63, 3.8) is 0 Å². The second-order valence-electron chi connectivity index (χ2n) is 5.40. The van der Waals surface area contributed by atoms with Crippen molar-refractivity contribution >= 4 is 44.6 Å². The average Bonchev–Trinajstić information content (AvgIpc) is 3.01. The lowest BCUT2D eigenvalue weighted by Crippen LogP contribution is -2.48. The molecule has 0 atom stereocenters. The van der Waals surface area contributed by atoms with E-state index < -0.39 is 12.1 Å². The zero-order chi connectivity index (χ0) is 17.3. The maximum atomic E-state index is 11.8. The third-order valence-corrected chi connectivity index (χ3v) is 4.82. The smallest absolute Gasteiger partial charge is 0.407 e. The van der Waals surface area contributed by atoms with E-state index >= 15 is 0 Å². The Balaban J connectivity index is 1.86. The third kappa shape index (κ3) is 3.06. The topological polar surface area (TPSA) is 83.2 Å². The minimum absolute atomic E-state index is 0.167. The number of nitrogens with zero attached hydrogens (tertiary/aromatic N) is 2. The normalized spacial score (nSPS) is 14.9. The molecule has 0 aliphatic carbocycles. The summed E-state index contributed by atoms with van der Waals surface area (Å²) in [6, 6.07) is 5.37. The standard InChI is InChI=1S/C16H17BrN2O5/c1-2-23-15(20)13-9-10-12(24-13)4-3-11(14(10)17)18-5-7-19(8-6-18)16(21)22/h3-4,9H,2,5-8H2,1H3,(H,21,22). The van der Waals surface area contributed by atoms with Gasteiger partial charge in [0.25, 0.3) is 0 Å². The summed E-state index contributed by atoms with van der Waals surface area (Å²) in [7, 11) is 0. The summed E-state index contributed by atoms with van der Waals surface area (Å²) >= 11 is 3.58. The highest BCUT2D eigenvalue weighted by molar-refractivity contribution is 9.10. The highest BCUT2D eigenvalue weighted by atomic mass is 79.9. The fourth-order valence-electron chi connectivity index (χ4n) is 2.75. The lowest BCUT2D eigenvalue weighted by Gasteiger charge is -2.35. The number of carbonyl (C=O) groups excluding carboxylic acids is 1. The van der Waals surface area contributed by atoms with Gasteiger partial charge < -0.3 is 24.1 Å². The van der Waals surface area contributed by atoms with Gasteiger partial charge in [0.15, 0.2) is 0 Å². The molecule has 1 N–H and O–H groups in total. The molecule has 128 valence electrons. The summed E-state index contributed by atoms with van der Waals surface area (Å²) in [5.41, 5.74) is 1.54. The molecule has 7 nitrogen and oxygen atoms in total. The summed E-state index contributed by atoms with van der Waals surface area (Å²) in [6.45, 7) is 4.16. The number of amides is 1. The molecule has 0 radical (unpaired) electrons. The highest BCUT2D eigenvalue weighted by Gasteiger charge is 2.23. The Morgan fingerprint density at radius 3 is 2.62 bits per heavy atom. The first-order valence-corrected chi connectivity index (χ1v) is 8.42. The number of hydrogen-bond donors (Lipinski definition) is 1. The van der Waals surface area contributed by atoms with Crippen molar-refractivity contribution in [2.45, 2.75) is 6.92 Å². The van der Waals surface area contributed by atoms with Gasteiger partial charge in [0, 0.05) is 37.6 Å². The molecule has 0 bridgehead atoms. The predicted molar refractivity (Wildman–Crippen MR) is 91.7 cm³/mol. The zero-order valence-electron chi connectivity index (χ0n) is 13.1. The monoisotopic (exact) mass is 396 g/mol. The molecule has 3 rings (SSSR count). The van der Waals surface area contributed by atoms with Crippen molar-refractivity contribution in [1.82, 2.24) is 4.90 Å². The van der Waals surface area contributed by atoms with Crippen molar-refractivity contribution in [3.05, 3.63) is 28.4 Å². The van der Waals surface area contributed by atoms with Gasteiger partial charge >= 0.3 is 12.1 Å². The van der Waals surface area contributed by atoms with E-state index in [1.54, 1.807) is 13.0 Å². The van der Waals surface area contributed by atoms with Crippen molar-refractivity contribution in [2.24, 2.45) is 0 Å². The molecule has 8 heteroatoms. The second-order valence-corrected chi connectivity index (χ2v) is 6.19. The van der Waals surface area contributed by atoms with Gasteiger partial charge in [-0.15, -0.1) is 0 Å². The van der Waals surface area contributed by atoms with Gasteiger partial charge in [-0.3, -0.25) is 0 Å². The van der Waals surface area contributed by atoms with E-state index in [0.717, 1.165) is 15.5 Å². The molecule has 1 amide bonds. The molecule has 0 saturated carbocycles. The van der Waals surface area contributed by atoms with Gasteiger partial charge in [0.05, 0.1) is 16.8 Å². The number of benzene rings is 1. The van der Waals surface area contributed by atoms with Crippen molar-refractivity contribution < 1.29 is 23.8 Å². The van der Waals surface area contributed by atoms with Crippen LogP contribution in [0.2, 0.25) is 0 Å². The Bertz CT molecular complexity index is 780. The van der Waals surface area contributed by atoms with Crippen LogP contribution in [0.3, 0.4) is 0 Å². The Morgan fingerprint density at radius 2 is 2.00 bits per heavy atom. The van der Waals surface area contributed by atoms with E-state index in [4.69, 9.17) is 14.3 Å². The largest absolute Gasteiger partial charge is 0.465 e. The number of ether oxygens (including phenoxy) is 1. The van der Waals surface area contributed by atoms with Crippen LogP contribution in [0, 0.1) is 0 Å². The SMILES string of the molecule is CCOC(=O)c1cc2c(Br)c(N3CCN(C(=O)O)CC3)ccc2o1. The Morgan fingerprint density at radius 1 is 1.29 bits per heavy atom. The molecule has 2 aromatic rings. The molecule has 1 aliphatic rings. The number of anilines is 1. The highest BCUT2D eigenvalue weighted by Crippen LogP contribution is 2.36. The fourth-order valence-corrected chi connectivity index (χ4v) is 3.44. The van der Waals surface area contributed by atoms with Gasteiger partial charge in [-0.25, -0.2) is 9.59 Å². The van der Waals surface area contributed by atoms with Gasteiger partial charge in [0.1, 0.15) is 5.58 Å². The summed E-state index contributed by atoms with van der Waals surface area (Å²) in [5, 5.41) is 9.82. The molecule has 1 aromatic carbocycles. The van der Waals surface area contributed by atoms with Crippen molar-refractivity contribution in [1.29, 1.82) is 0 Å². The minimum atomic E-state index is -0.891. The van der Waals surface area contributed by atoms with Crippen LogP contribution in [0.5, 0.6) is 0 Å². The molecule has 1 aliphatic heterocycles. The van der Waals surface area contributed by atoms with Crippen LogP contribution in [0.4, 0.5) is 10.5 Å². The number of piperazine rings is 1. The Hall–Kier alpha value is -2.22. The molecule has 24 heavy (non-hydrogen) atoms. The number of esters is 1. The van der Waals surface area contributed by atoms with Gasteiger partial charge in [-0.2, -0.15) is 0 Å². The average molecular weight is 397 g/mol. The summed E-state index contributed by atoms with van der Waals surface area (Å²) < 4.78 is 11.3. The van der Waals surface area contributed by atoms with Gasteiger partial charge in [-0.05, 0) is 35.0 Å². The first-order valence-electron chi connectivity index (χ1n) is 7.63. The fraction of sp³-hybridized carbons (Fsp3) is 0.375. The first-order chi connectivity index (χ1) is 11.5. The molecule has 1 saturated heterocycles. The summed E-state index contributed by atoms with van der Waals surface area (Å²) in [5.74, 6) is -0.322. The second kappa shape index (κ2) is 6.72. The van der Waals surface area contributed by atoms with Crippen LogP contribution < -0.4 is 4.90 Å². The summed E-state index contributed by atoms with van der Waals surface area (Å²) in [4.78, 5) is 26.3. The van der Waals surface area contributed by atoms with E-state index in [0.29, 0.717) is 31.8 Å². The number of carbonyl (C=O) groups is 2. The van der Waals surface area contributed by atoms with Crippen LogP contribution >= 0.6 is 15.9 Å². The Labute approximate surface area is 146 Å². The third-order valence-electron chi connectivity index (χ3n) is 3.98. The number of halogens is 1. The van der Waals surface area contributed by atoms with Crippen molar-refractivity contribution in [3.8, 4) is 0 Å². The van der Waals surface area contributed by atoms with Gasteiger partial charge in [-0.1, -0.05) is 0 Å². The quantitative estimate of drug-likeness (QED) is 0.802. The number of rotatable bonds is 3. The number of furan rings is 1. The number of carboxylic acid groups (broad SMARTS) is 1. The van der Waals surface area contributed by atoms with Crippen molar-refractivity contribution in [2.75, 3.05) is 37.7 Å². The molecule has 2 heterocycles. The van der Waals surface area contributed by atoms with Crippen LogP contribution in [0.15, 0.2) is 27.1 Å². The van der Waals surface area contributed by atoms with Crippen LogP contribution in [0.1, 0.15) is 17.5 Å². The van der Waals surface area contributed by atoms with E-state index in [2.05, 4.69) is 20.8 Å². The lowest BCUT2D eigenvalue weighted by molar-refractivity contribution is 0.0492. The maximum absolute atomic E-state index is 11.8. The molecular formula is C16H17BrN2O5. The van der Waals surface area contributed by atoms with E-state index in [9.17, 15) is 9.59 Å². The predicted octanol–water partition coefficient (Wildman–Crippen LogP) is 3.17. The maximum Gasteiger partial charge on any atom is 0.407 e. The molecule has 1 fully saturated rings. The Kier molecular flexibility index (Phi) is 4.66. The number of fused-ring (bicyclic) bond motifs is 1.